The standard InChI is InChI=1S/C29H29N5O3/c35-28(18-34-12-4-5-13-34)33-27-16-24(10-11-30-27)37-23-8-9-26-21(15-23)14-22(19-36-26)29-31-17-25(32-29)20-6-2-1-3-7-20/h1-3,6-11,15-17,22H,4-5,12-14,18-19H2,(H,31,32)(H,30,33,35). The normalized spacial score (nSPS) is 17.1. The highest BCUT2D eigenvalue weighted by atomic mass is 16.5. The van der Waals surface area contributed by atoms with Gasteiger partial charge < -0.3 is 19.8 Å². The lowest BCUT2D eigenvalue weighted by Crippen LogP contribution is -2.31. The molecular formula is C29H29N5O3. The summed E-state index contributed by atoms with van der Waals surface area (Å²) < 4.78 is 12.2. The van der Waals surface area contributed by atoms with Crippen LogP contribution in [0.4, 0.5) is 5.82 Å². The fourth-order valence-corrected chi connectivity index (χ4v) is 4.92. The Hall–Kier alpha value is -4.17. The summed E-state index contributed by atoms with van der Waals surface area (Å²) in [7, 11) is 0. The third-order valence-corrected chi connectivity index (χ3v) is 6.81. The first-order valence-corrected chi connectivity index (χ1v) is 12.7. The van der Waals surface area contributed by atoms with Crippen LogP contribution in [0.1, 0.15) is 30.1 Å². The molecule has 37 heavy (non-hydrogen) atoms. The molecule has 8 nitrogen and oxygen atoms in total. The molecule has 2 aromatic heterocycles. The summed E-state index contributed by atoms with van der Waals surface area (Å²) in [5, 5.41) is 2.88. The number of pyridine rings is 1. The average molecular weight is 496 g/mol. The molecule has 6 rings (SSSR count). The number of carbonyl (C=O) groups is 1. The van der Waals surface area contributed by atoms with E-state index >= 15 is 0 Å². The number of anilines is 1. The zero-order valence-corrected chi connectivity index (χ0v) is 20.5. The van der Waals surface area contributed by atoms with E-state index in [2.05, 4.69) is 37.3 Å². The Morgan fingerprint density at radius 2 is 1.89 bits per heavy atom. The molecule has 2 aliphatic rings. The first-order chi connectivity index (χ1) is 18.2. The van der Waals surface area contributed by atoms with E-state index in [1.165, 1.54) is 0 Å². The molecule has 1 amide bonds. The molecule has 1 atom stereocenters. The van der Waals surface area contributed by atoms with Gasteiger partial charge >= 0.3 is 0 Å². The minimum absolute atomic E-state index is 0.0585. The van der Waals surface area contributed by atoms with E-state index in [4.69, 9.17) is 9.47 Å². The number of carbonyl (C=O) groups excluding carboxylic acids is 1. The SMILES string of the molecule is O=C(CN1CCCC1)Nc1cc(Oc2ccc3c(c2)CC(c2ncc(-c4ccccc4)[nH]2)CO3)ccn1. The molecule has 188 valence electrons. The van der Waals surface area contributed by atoms with Crippen LogP contribution in [0.25, 0.3) is 11.3 Å². The largest absolute Gasteiger partial charge is 0.493 e. The van der Waals surface area contributed by atoms with Gasteiger partial charge in [-0.05, 0) is 67.7 Å². The number of aromatic amines is 1. The molecule has 1 saturated heterocycles. The molecule has 2 aliphatic heterocycles. The molecule has 2 aromatic carbocycles. The molecule has 0 aliphatic carbocycles. The predicted molar refractivity (Wildman–Crippen MR) is 141 cm³/mol. The number of aromatic nitrogens is 3. The summed E-state index contributed by atoms with van der Waals surface area (Å²) >= 11 is 0. The van der Waals surface area contributed by atoms with Crippen molar-refractivity contribution in [3.8, 4) is 28.5 Å². The van der Waals surface area contributed by atoms with Crippen LogP contribution >= 0.6 is 0 Å². The Balaban J connectivity index is 1.12. The van der Waals surface area contributed by atoms with Crippen LogP contribution in [0.2, 0.25) is 0 Å². The van der Waals surface area contributed by atoms with Crippen molar-refractivity contribution in [2.75, 3.05) is 31.6 Å². The van der Waals surface area contributed by atoms with Gasteiger partial charge in [0.1, 0.15) is 28.9 Å². The lowest BCUT2D eigenvalue weighted by Gasteiger charge is -2.24. The number of ether oxygens (including phenoxy) is 2. The highest BCUT2D eigenvalue weighted by Gasteiger charge is 2.24. The van der Waals surface area contributed by atoms with Crippen LogP contribution < -0.4 is 14.8 Å². The molecule has 1 unspecified atom stereocenters. The van der Waals surface area contributed by atoms with E-state index in [1.54, 1.807) is 18.3 Å². The van der Waals surface area contributed by atoms with E-state index in [1.807, 2.05) is 42.6 Å². The highest BCUT2D eigenvalue weighted by molar-refractivity contribution is 5.91. The second-order valence-corrected chi connectivity index (χ2v) is 9.54. The van der Waals surface area contributed by atoms with E-state index in [-0.39, 0.29) is 11.8 Å². The van der Waals surface area contributed by atoms with Gasteiger partial charge in [0.05, 0.1) is 31.0 Å². The summed E-state index contributed by atoms with van der Waals surface area (Å²) in [5.74, 6) is 3.64. The highest BCUT2D eigenvalue weighted by Crippen LogP contribution is 2.35. The van der Waals surface area contributed by atoms with E-state index in [9.17, 15) is 4.79 Å². The van der Waals surface area contributed by atoms with Gasteiger partial charge in [-0.1, -0.05) is 30.3 Å². The molecule has 0 spiro atoms. The zero-order valence-electron chi connectivity index (χ0n) is 20.5. The van der Waals surface area contributed by atoms with Crippen molar-refractivity contribution in [1.82, 2.24) is 19.9 Å². The molecule has 1 fully saturated rings. The van der Waals surface area contributed by atoms with Crippen molar-refractivity contribution in [3.63, 3.8) is 0 Å². The lowest BCUT2D eigenvalue weighted by molar-refractivity contribution is -0.117. The third kappa shape index (κ3) is 5.49. The number of amides is 1. The van der Waals surface area contributed by atoms with E-state index in [0.29, 0.717) is 30.5 Å². The van der Waals surface area contributed by atoms with E-state index in [0.717, 1.165) is 60.7 Å². The number of H-pyrrole nitrogens is 1. The second kappa shape index (κ2) is 10.4. The van der Waals surface area contributed by atoms with Gasteiger partial charge in [-0.2, -0.15) is 0 Å². The van der Waals surface area contributed by atoms with Crippen molar-refractivity contribution in [3.05, 3.63) is 84.4 Å². The molecule has 0 radical (unpaired) electrons. The van der Waals surface area contributed by atoms with Gasteiger partial charge in [0.15, 0.2) is 0 Å². The van der Waals surface area contributed by atoms with Crippen molar-refractivity contribution in [2.45, 2.75) is 25.2 Å². The average Bonchev–Trinajstić information content (AvgIpc) is 3.62. The van der Waals surface area contributed by atoms with Crippen LogP contribution in [0.15, 0.2) is 73.1 Å². The van der Waals surface area contributed by atoms with Crippen molar-refractivity contribution in [1.29, 1.82) is 0 Å². The number of nitrogens with zero attached hydrogens (tertiary/aromatic N) is 3. The van der Waals surface area contributed by atoms with Crippen molar-refractivity contribution in [2.24, 2.45) is 0 Å². The number of hydrogen-bond donors (Lipinski definition) is 2. The van der Waals surface area contributed by atoms with Gasteiger partial charge in [-0.15, -0.1) is 0 Å². The Bertz CT molecular complexity index is 1380. The molecule has 4 aromatic rings. The maximum Gasteiger partial charge on any atom is 0.239 e. The Labute approximate surface area is 215 Å². The summed E-state index contributed by atoms with van der Waals surface area (Å²) in [6.07, 6.45) is 6.61. The maximum atomic E-state index is 12.4. The Kier molecular flexibility index (Phi) is 6.56. The molecule has 8 heteroatoms. The van der Waals surface area contributed by atoms with Crippen LogP contribution in [-0.4, -0.2) is 52.0 Å². The van der Waals surface area contributed by atoms with Crippen LogP contribution in [0, 0.1) is 0 Å². The number of imidazole rings is 1. The number of nitrogens with one attached hydrogen (secondary N) is 2. The first-order valence-electron chi connectivity index (χ1n) is 12.7. The fourth-order valence-electron chi connectivity index (χ4n) is 4.92. The summed E-state index contributed by atoms with van der Waals surface area (Å²) in [6.45, 7) is 2.91. The number of benzene rings is 2. The molecular weight excluding hydrogens is 466 g/mol. The van der Waals surface area contributed by atoms with Crippen molar-refractivity contribution < 1.29 is 14.3 Å². The van der Waals surface area contributed by atoms with Gasteiger partial charge in [-0.25, -0.2) is 9.97 Å². The molecule has 4 heterocycles. The minimum atomic E-state index is -0.0585. The number of likely N-dealkylation sites (tertiary alicyclic amines) is 1. The Morgan fingerprint density at radius 1 is 1.05 bits per heavy atom. The summed E-state index contributed by atoms with van der Waals surface area (Å²) in [6, 6.07) is 19.5. The minimum Gasteiger partial charge on any atom is -0.493 e. The molecule has 2 N–H and O–H groups in total. The quantitative estimate of drug-likeness (QED) is 0.374. The summed E-state index contributed by atoms with van der Waals surface area (Å²) in [4.78, 5) is 26.9. The smallest absolute Gasteiger partial charge is 0.239 e. The molecule has 0 saturated carbocycles. The number of rotatable bonds is 7. The lowest BCUT2D eigenvalue weighted by atomic mass is 9.96. The van der Waals surface area contributed by atoms with Gasteiger partial charge in [0.25, 0.3) is 0 Å². The molecule has 0 bridgehead atoms. The van der Waals surface area contributed by atoms with Crippen molar-refractivity contribution >= 4 is 11.7 Å². The maximum absolute atomic E-state index is 12.4. The monoisotopic (exact) mass is 495 g/mol. The third-order valence-electron chi connectivity index (χ3n) is 6.81. The van der Waals surface area contributed by atoms with Gasteiger partial charge in [0, 0.05) is 12.3 Å². The number of fused-ring (bicyclic) bond motifs is 1. The van der Waals surface area contributed by atoms with Gasteiger partial charge in [-0.3, -0.25) is 9.69 Å². The second-order valence-electron chi connectivity index (χ2n) is 9.54. The van der Waals surface area contributed by atoms with Crippen LogP contribution in [0.5, 0.6) is 17.2 Å². The van der Waals surface area contributed by atoms with E-state index < -0.39 is 0 Å². The fraction of sp³-hybridized carbons (Fsp3) is 0.276. The summed E-state index contributed by atoms with van der Waals surface area (Å²) in [5.41, 5.74) is 3.18. The zero-order chi connectivity index (χ0) is 25.0. The topological polar surface area (TPSA) is 92.4 Å². The first kappa shape index (κ1) is 23.2. The van der Waals surface area contributed by atoms with Crippen LogP contribution in [0.3, 0.4) is 0 Å². The Morgan fingerprint density at radius 3 is 2.76 bits per heavy atom. The van der Waals surface area contributed by atoms with Gasteiger partial charge in [0.2, 0.25) is 5.91 Å². The predicted octanol–water partition coefficient (Wildman–Crippen LogP) is 5.02. The number of hydrogen-bond acceptors (Lipinski definition) is 6. The van der Waals surface area contributed by atoms with Crippen LogP contribution in [-0.2, 0) is 11.2 Å².